The van der Waals surface area contributed by atoms with Gasteiger partial charge in [0.05, 0.1) is 11.4 Å². The van der Waals surface area contributed by atoms with Crippen LogP contribution < -0.4 is 5.32 Å². The summed E-state index contributed by atoms with van der Waals surface area (Å²) >= 11 is 0. The lowest BCUT2D eigenvalue weighted by Gasteiger charge is -2.26. The van der Waals surface area contributed by atoms with Crippen molar-refractivity contribution >= 4 is 5.71 Å². The smallest absolute Gasteiger partial charge is 0.128 e. The zero-order valence-corrected chi connectivity index (χ0v) is 14.3. The van der Waals surface area contributed by atoms with Gasteiger partial charge in [-0.15, -0.1) is 0 Å². The first-order valence-electron chi connectivity index (χ1n) is 8.93. The molecule has 1 saturated carbocycles. The van der Waals surface area contributed by atoms with E-state index in [4.69, 9.17) is 5.41 Å². The Balaban J connectivity index is 1.78. The number of hydrogen-bond donors (Lipinski definition) is 2. The molecule has 0 atom stereocenters. The van der Waals surface area contributed by atoms with Crippen LogP contribution in [-0.2, 0) is 6.54 Å². The maximum absolute atomic E-state index is 13.9. The first kappa shape index (κ1) is 17.3. The topological polar surface area (TPSA) is 48.8 Å². The normalized spacial score (nSPS) is 15.8. The molecule has 0 spiro atoms. The molecule has 4 heteroatoms. The van der Waals surface area contributed by atoms with Crippen molar-refractivity contribution in [2.45, 2.75) is 38.6 Å². The van der Waals surface area contributed by atoms with Gasteiger partial charge in [0.15, 0.2) is 0 Å². The van der Waals surface area contributed by atoms with E-state index in [9.17, 15) is 4.39 Å². The standard InChI is InChI=1S/C21H24FN3/c22-18-11-5-4-10-17(18)15-25-21(16-8-2-1-3-9-16)14-19(23)20-12-6-7-13-24-20/h4-7,10-14,16,23,25H,1-3,8-9,15H2/b21-14-,23-19?. The van der Waals surface area contributed by atoms with Crippen molar-refractivity contribution < 1.29 is 4.39 Å². The molecule has 1 heterocycles. The molecule has 0 aliphatic heterocycles. The van der Waals surface area contributed by atoms with Gasteiger partial charge in [-0.25, -0.2) is 4.39 Å². The number of rotatable bonds is 6. The van der Waals surface area contributed by atoms with Crippen LogP contribution in [0.1, 0.15) is 43.4 Å². The van der Waals surface area contributed by atoms with Crippen LogP contribution in [0.2, 0.25) is 0 Å². The Bertz CT molecular complexity index is 734. The van der Waals surface area contributed by atoms with E-state index in [0.717, 1.165) is 18.5 Å². The Morgan fingerprint density at radius 3 is 2.60 bits per heavy atom. The Kier molecular flexibility index (Phi) is 5.94. The number of hydrogen-bond acceptors (Lipinski definition) is 3. The summed E-state index contributed by atoms with van der Waals surface area (Å²) in [5.41, 5.74) is 2.72. The van der Waals surface area contributed by atoms with Crippen molar-refractivity contribution in [3.05, 3.63) is 77.5 Å². The summed E-state index contributed by atoms with van der Waals surface area (Å²) in [6.45, 7) is 0.435. The number of benzene rings is 1. The summed E-state index contributed by atoms with van der Waals surface area (Å²) in [4.78, 5) is 4.25. The number of allylic oxidation sites excluding steroid dienone is 2. The highest BCUT2D eigenvalue weighted by Gasteiger charge is 2.19. The molecule has 25 heavy (non-hydrogen) atoms. The second kappa shape index (κ2) is 8.56. The van der Waals surface area contributed by atoms with Crippen molar-refractivity contribution in [3.8, 4) is 0 Å². The molecule has 130 valence electrons. The highest BCUT2D eigenvalue weighted by atomic mass is 19.1. The zero-order valence-electron chi connectivity index (χ0n) is 14.3. The molecule has 1 fully saturated rings. The van der Waals surface area contributed by atoms with Crippen LogP contribution in [0.15, 0.2) is 60.4 Å². The molecule has 0 bridgehead atoms. The summed E-state index contributed by atoms with van der Waals surface area (Å²) < 4.78 is 13.9. The van der Waals surface area contributed by atoms with Crippen molar-refractivity contribution in [2.75, 3.05) is 0 Å². The maximum atomic E-state index is 13.9. The molecule has 1 aliphatic carbocycles. The molecule has 3 nitrogen and oxygen atoms in total. The van der Waals surface area contributed by atoms with Crippen LogP contribution in [0.5, 0.6) is 0 Å². The zero-order chi connectivity index (χ0) is 17.5. The lowest BCUT2D eigenvalue weighted by Crippen LogP contribution is -2.23. The van der Waals surface area contributed by atoms with E-state index in [1.165, 1.54) is 25.3 Å². The average Bonchev–Trinajstić information content (AvgIpc) is 2.67. The van der Waals surface area contributed by atoms with Gasteiger partial charge >= 0.3 is 0 Å². The number of nitrogens with one attached hydrogen (secondary N) is 2. The van der Waals surface area contributed by atoms with Gasteiger partial charge in [-0.2, -0.15) is 0 Å². The molecule has 1 aromatic carbocycles. The first-order chi connectivity index (χ1) is 12.2. The Labute approximate surface area is 148 Å². The highest BCUT2D eigenvalue weighted by Crippen LogP contribution is 2.29. The van der Waals surface area contributed by atoms with Crippen molar-refractivity contribution in [2.24, 2.45) is 5.92 Å². The van der Waals surface area contributed by atoms with E-state index in [1.807, 2.05) is 30.3 Å². The molecular weight excluding hydrogens is 313 g/mol. The number of aromatic nitrogens is 1. The molecular formula is C21H24FN3. The third kappa shape index (κ3) is 4.75. The highest BCUT2D eigenvalue weighted by molar-refractivity contribution is 6.05. The predicted octanol–water partition coefficient (Wildman–Crippen LogP) is 4.84. The SMILES string of the molecule is N=C(/C=C(\NCc1ccccc1F)C1CCCCC1)c1ccccn1. The second-order valence-electron chi connectivity index (χ2n) is 6.51. The minimum absolute atomic E-state index is 0.196. The molecule has 3 rings (SSSR count). The fourth-order valence-electron chi connectivity index (χ4n) is 3.32. The van der Waals surface area contributed by atoms with E-state index in [2.05, 4.69) is 10.3 Å². The monoisotopic (exact) mass is 337 g/mol. The van der Waals surface area contributed by atoms with E-state index in [1.54, 1.807) is 18.3 Å². The number of halogens is 1. The van der Waals surface area contributed by atoms with E-state index >= 15 is 0 Å². The third-order valence-corrected chi connectivity index (χ3v) is 4.73. The molecule has 2 N–H and O–H groups in total. The Morgan fingerprint density at radius 2 is 1.88 bits per heavy atom. The first-order valence-corrected chi connectivity index (χ1v) is 8.93. The molecule has 1 aliphatic rings. The summed E-state index contributed by atoms with van der Waals surface area (Å²) in [6, 6.07) is 12.4. The van der Waals surface area contributed by atoms with Gasteiger partial charge in [0.2, 0.25) is 0 Å². The quantitative estimate of drug-likeness (QED) is 0.741. The third-order valence-electron chi connectivity index (χ3n) is 4.73. The van der Waals surface area contributed by atoms with Crippen molar-refractivity contribution in [1.82, 2.24) is 10.3 Å². The van der Waals surface area contributed by atoms with Gasteiger partial charge in [-0.05, 0) is 43.0 Å². The van der Waals surface area contributed by atoms with Gasteiger partial charge in [-0.1, -0.05) is 43.5 Å². The molecule has 1 aromatic heterocycles. The van der Waals surface area contributed by atoms with Gasteiger partial charge in [0, 0.05) is 24.0 Å². The van der Waals surface area contributed by atoms with Gasteiger partial charge in [0.25, 0.3) is 0 Å². The summed E-state index contributed by atoms with van der Waals surface area (Å²) in [5, 5.41) is 11.8. The molecule has 0 amide bonds. The average molecular weight is 337 g/mol. The van der Waals surface area contributed by atoms with Crippen LogP contribution in [0.4, 0.5) is 4.39 Å². The van der Waals surface area contributed by atoms with Crippen LogP contribution in [0.25, 0.3) is 0 Å². The van der Waals surface area contributed by atoms with Gasteiger partial charge < -0.3 is 5.32 Å². The van der Waals surface area contributed by atoms with Crippen molar-refractivity contribution in [1.29, 1.82) is 5.41 Å². The fraction of sp³-hybridized carbons (Fsp3) is 0.333. The van der Waals surface area contributed by atoms with Gasteiger partial charge in [0.1, 0.15) is 5.82 Å². The van der Waals surface area contributed by atoms with E-state index < -0.39 is 0 Å². The van der Waals surface area contributed by atoms with Crippen LogP contribution in [-0.4, -0.2) is 10.7 Å². The van der Waals surface area contributed by atoms with E-state index in [0.29, 0.717) is 29.4 Å². The largest absolute Gasteiger partial charge is 0.384 e. The Morgan fingerprint density at radius 1 is 1.12 bits per heavy atom. The molecule has 0 saturated heterocycles. The second-order valence-corrected chi connectivity index (χ2v) is 6.51. The molecule has 0 radical (unpaired) electrons. The number of nitrogens with zero attached hydrogens (tertiary/aromatic N) is 1. The van der Waals surface area contributed by atoms with Gasteiger partial charge in [-0.3, -0.25) is 10.4 Å². The van der Waals surface area contributed by atoms with Crippen LogP contribution in [0.3, 0.4) is 0 Å². The van der Waals surface area contributed by atoms with Crippen LogP contribution >= 0.6 is 0 Å². The number of pyridine rings is 1. The maximum Gasteiger partial charge on any atom is 0.128 e. The van der Waals surface area contributed by atoms with Crippen molar-refractivity contribution in [3.63, 3.8) is 0 Å². The minimum Gasteiger partial charge on any atom is -0.384 e. The Hall–Kier alpha value is -2.49. The minimum atomic E-state index is -0.196. The lowest BCUT2D eigenvalue weighted by atomic mass is 9.86. The molecule has 2 aromatic rings. The van der Waals surface area contributed by atoms with Crippen LogP contribution in [0, 0.1) is 17.1 Å². The van der Waals surface area contributed by atoms with E-state index in [-0.39, 0.29) is 5.82 Å². The fourth-order valence-corrected chi connectivity index (χ4v) is 3.32. The summed E-state index contributed by atoms with van der Waals surface area (Å²) in [6.07, 6.45) is 9.50. The summed E-state index contributed by atoms with van der Waals surface area (Å²) in [5.74, 6) is 0.211. The summed E-state index contributed by atoms with van der Waals surface area (Å²) in [7, 11) is 0. The lowest BCUT2D eigenvalue weighted by molar-refractivity contribution is 0.385. The predicted molar refractivity (Wildman–Crippen MR) is 99.0 cm³/mol. The molecule has 0 unspecified atom stereocenters.